The third-order valence-electron chi connectivity index (χ3n) is 5.79. The van der Waals surface area contributed by atoms with Crippen LogP contribution in [-0.4, -0.2) is 54.6 Å². The molecule has 9 nitrogen and oxygen atoms in total. The van der Waals surface area contributed by atoms with Crippen LogP contribution in [0.3, 0.4) is 0 Å². The van der Waals surface area contributed by atoms with E-state index in [4.69, 9.17) is 15.5 Å². The Bertz CT molecular complexity index is 768. The third kappa shape index (κ3) is 2.23. The Balaban J connectivity index is 1.60. The summed E-state index contributed by atoms with van der Waals surface area (Å²) in [4.78, 5) is 30.6. The lowest BCUT2D eigenvalue weighted by Gasteiger charge is -2.26. The van der Waals surface area contributed by atoms with Crippen molar-refractivity contribution >= 4 is 25.3 Å². The van der Waals surface area contributed by atoms with E-state index in [0.29, 0.717) is 17.8 Å². The third-order valence-corrected chi connectivity index (χ3v) is 6.60. The second-order valence-electron chi connectivity index (χ2n) is 6.99. The predicted octanol–water partition coefficient (Wildman–Crippen LogP) is -0.216. The second-order valence-corrected chi connectivity index (χ2v) is 8.77. The van der Waals surface area contributed by atoms with Gasteiger partial charge in [-0.2, -0.15) is 0 Å². The average molecular weight is 354 g/mol. The van der Waals surface area contributed by atoms with Crippen LogP contribution in [0.15, 0.2) is 11.3 Å². The first-order valence-electron chi connectivity index (χ1n) is 7.80. The molecule has 1 aromatic rings. The Hall–Kier alpha value is -1.38. The van der Waals surface area contributed by atoms with E-state index in [-0.39, 0.29) is 36.2 Å². The zero-order valence-corrected chi connectivity index (χ0v) is 13.6. The number of hydrogen-bond donors (Lipinski definition) is 5. The monoisotopic (exact) mass is 354 g/mol. The molecule has 0 amide bonds. The van der Waals surface area contributed by atoms with E-state index in [9.17, 15) is 14.8 Å². The van der Waals surface area contributed by atoms with Crippen molar-refractivity contribution < 1.29 is 24.6 Å². The summed E-state index contributed by atoms with van der Waals surface area (Å²) in [7, 11) is -4.14. The smallest absolute Gasteiger partial charge is 0.325 e. The van der Waals surface area contributed by atoms with Crippen LogP contribution < -0.4 is 5.73 Å². The van der Waals surface area contributed by atoms with Crippen LogP contribution >= 0.6 is 7.60 Å². The number of aliphatic imine (C=N–C) groups is 1. The van der Waals surface area contributed by atoms with E-state index in [1.807, 2.05) is 0 Å². The van der Waals surface area contributed by atoms with E-state index in [2.05, 4.69) is 15.0 Å². The Kier molecular flexibility index (Phi) is 3.40. The number of nitrogen functional groups attached to an aromatic ring is 1. The molecule has 24 heavy (non-hydrogen) atoms. The topological polar surface area (TPSA) is 162 Å². The normalized spacial score (nSPS) is 39.8. The Labute approximate surface area is 137 Å². The van der Waals surface area contributed by atoms with E-state index >= 15 is 0 Å². The fourth-order valence-electron chi connectivity index (χ4n) is 4.54. The summed E-state index contributed by atoms with van der Waals surface area (Å²) in [6.07, 6.45) is 1.57. The zero-order valence-electron chi connectivity index (χ0n) is 12.7. The highest BCUT2D eigenvalue weighted by Gasteiger charge is 2.71. The van der Waals surface area contributed by atoms with Gasteiger partial charge in [0.2, 0.25) is 0 Å². The molecule has 0 bridgehead atoms. The Morgan fingerprint density at radius 1 is 1.33 bits per heavy atom. The van der Waals surface area contributed by atoms with Crippen molar-refractivity contribution in [2.45, 2.75) is 31.0 Å². The molecule has 2 aliphatic carbocycles. The highest BCUT2D eigenvalue weighted by molar-refractivity contribution is 7.51. The molecule has 2 fully saturated rings. The number of nitrogens with two attached hydrogens (primary N) is 1. The number of aliphatic hydroxyl groups excluding tert-OH is 2. The van der Waals surface area contributed by atoms with Gasteiger partial charge in [-0.05, 0) is 18.8 Å². The summed E-state index contributed by atoms with van der Waals surface area (Å²) in [5, 5.41) is 21.0. The number of aromatic nitrogens is 2. The van der Waals surface area contributed by atoms with Crippen molar-refractivity contribution in [2.75, 3.05) is 11.9 Å². The maximum Gasteiger partial charge on any atom is 0.325 e. The summed E-state index contributed by atoms with van der Waals surface area (Å²) in [6.45, 7) is 0. The van der Waals surface area contributed by atoms with Gasteiger partial charge >= 0.3 is 7.60 Å². The molecule has 0 saturated heterocycles. The second kappa shape index (κ2) is 5.06. The molecule has 2 heterocycles. The molecule has 10 heteroatoms. The van der Waals surface area contributed by atoms with Crippen molar-refractivity contribution in [1.29, 1.82) is 0 Å². The molecule has 4 rings (SSSR count). The van der Waals surface area contributed by atoms with Crippen LogP contribution in [0.25, 0.3) is 0 Å². The number of fused-ring (bicyclic) bond motifs is 2. The molecule has 0 radical (unpaired) electrons. The first kappa shape index (κ1) is 16.1. The fraction of sp³-hybridized carbons (Fsp3) is 0.643. The highest BCUT2D eigenvalue weighted by atomic mass is 31.2. The van der Waals surface area contributed by atoms with Crippen molar-refractivity contribution in [3.05, 3.63) is 12.0 Å². The Morgan fingerprint density at radius 2 is 2.08 bits per heavy atom. The molecular weight excluding hydrogens is 335 g/mol. The fourth-order valence-corrected chi connectivity index (χ4v) is 5.25. The summed E-state index contributed by atoms with van der Waals surface area (Å²) in [5.41, 5.74) is 6.31. The van der Waals surface area contributed by atoms with Crippen molar-refractivity contribution in [3.63, 3.8) is 0 Å². The molecule has 0 spiro atoms. The molecular formula is C14H19N4O5P. The van der Waals surface area contributed by atoms with Crippen LogP contribution in [-0.2, 0) is 4.57 Å². The van der Waals surface area contributed by atoms with Gasteiger partial charge in [0, 0.05) is 23.5 Å². The first-order chi connectivity index (χ1) is 11.2. The van der Waals surface area contributed by atoms with Gasteiger partial charge in [-0.15, -0.1) is 0 Å². The maximum absolute atomic E-state index is 11.2. The highest BCUT2D eigenvalue weighted by Crippen LogP contribution is 2.71. The van der Waals surface area contributed by atoms with Crippen LogP contribution in [0, 0.1) is 17.3 Å². The van der Waals surface area contributed by atoms with E-state index < -0.39 is 25.2 Å². The summed E-state index contributed by atoms with van der Waals surface area (Å²) < 4.78 is 11.2. The van der Waals surface area contributed by atoms with E-state index in [1.165, 1.54) is 6.33 Å². The quantitative estimate of drug-likeness (QED) is 0.464. The molecule has 1 aliphatic heterocycles. The minimum absolute atomic E-state index is 0.0207. The van der Waals surface area contributed by atoms with Crippen molar-refractivity contribution in [3.8, 4) is 0 Å². The standard InChI is InChI=1S/C14H19N4O5P/c15-13-10-9(17-5-18-13)6(4-16-10)8-7-3-14(7,12(20)11(8)19)1-2-24(21,22)23/h4-8,11-12,19-20H,1-3H2,(H2,15,17,18)(H2,21,22,23)/t6?,7-,8-,11+,12+,14+/m1/s1. The Morgan fingerprint density at radius 3 is 2.79 bits per heavy atom. The first-order valence-corrected chi connectivity index (χ1v) is 9.59. The van der Waals surface area contributed by atoms with Crippen molar-refractivity contribution in [2.24, 2.45) is 22.2 Å². The molecule has 3 aliphatic rings. The van der Waals surface area contributed by atoms with Gasteiger partial charge in [-0.1, -0.05) is 0 Å². The van der Waals surface area contributed by atoms with Crippen molar-refractivity contribution in [1.82, 2.24) is 9.97 Å². The van der Waals surface area contributed by atoms with E-state index in [0.717, 1.165) is 0 Å². The van der Waals surface area contributed by atoms with Gasteiger partial charge in [-0.25, -0.2) is 9.97 Å². The number of aliphatic hydroxyl groups is 2. The zero-order chi connectivity index (χ0) is 17.3. The lowest BCUT2D eigenvalue weighted by atomic mass is 9.84. The van der Waals surface area contributed by atoms with Crippen LogP contribution in [0.4, 0.5) is 11.5 Å². The minimum Gasteiger partial charge on any atom is -0.390 e. The molecule has 1 unspecified atom stereocenters. The number of rotatable bonds is 4. The molecule has 2 saturated carbocycles. The number of hydrogen-bond acceptors (Lipinski definition) is 7. The predicted molar refractivity (Wildman–Crippen MR) is 84.9 cm³/mol. The summed E-state index contributed by atoms with van der Waals surface area (Å²) in [5.74, 6) is -0.321. The van der Waals surface area contributed by atoms with Crippen LogP contribution in [0.5, 0.6) is 0 Å². The maximum atomic E-state index is 11.2. The molecule has 130 valence electrons. The molecule has 6 N–H and O–H groups in total. The summed E-state index contributed by atoms with van der Waals surface area (Å²) >= 11 is 0. The SMILES string of the molecule is Nc1ncnc2c1N=CC2[C@H]1[C@H](O)[C@H](O)[C@@]2(CCP(=O)(O)O)C[C@H]12. The van der Waals surface area contributed by atoms with Crippen LogP contribution in [0.1, 0.15) is 24.5 Å². The average Bonchev–Trinajstić information content (AvgIpc) is 3.00. The van der Waals surface area contributed by atoms with Gasteiger partial charge in [0.25, 0.3) is 0 Å². The van der Waals surface area contributed by atoms with Crippen LogP contribution in [0.2, 0.25) is 0 Å². The minimum atomic E-state index is -4.14. The van der Waals surface area contributed by atoms with Gasteiger partial charge in [-0.3, -0.25) is 9.56 Å². The number of nitrogens with zero attached hydrogens (tertiary/aromatic N) is 3. The van der Waals surface area contributed by atoms with Gasteiger partial charge in [0.15, 0.2) is 5.82 Å². The van der Waals surface area contributed by atoms with E-state index in [1.54, 1.807) is 6.21 Å². The summed E-state index contributed by atoms with van der Waals surface area (Å²) in [6, 6.07) is 0. The lowest BCUT2D eigenvalue weighted by Crippen LogP contribution is -2.36. The molecule has 0 aromatic carbocycles. The van der Waals surface area contributed by atoms with Gasteiger partial charge in [0.05, 0.1) is 24.1 Å². The lowest BCUT2D eigenvalue weighted by molar-refractivity contribution is -0.0225. The van der Waals surface area contributed by atoms with Gasteiger partial charge < -0.3 is 25.7 Å². The van der Waals surface area contributed by atoms with Gasteiger partial charge in [0.1, 0.15) is 12.0 Å². The molecule has 1 aromatic heterocycles. The largest absolute Gasteiger partial charge is 0.390 e. The number of anilines is 1. The molecule has 6 atom stereocenters.